The highest BCUT2D eigenvalue weighted by Gasteiger charge is 2.15. The molecule has 1 aromatic heterocycles. The Morgan fingerprint density at radius 3 is 2.72 bits per heavy atom. The van der Waals surface area contributed by atoms with E-state index in [0.29, 0.717) is 16.5 Å². The van der Waals surface area contributed by atoms with E-state index in [2.05, 4.69) is 4.98 Å². The molecule has 0 amide bonds. The van der Waals surface area contributed by atoms with Gasteiger partial charge in [0.05, 0.1) is 17.2 Å². The number of nitrogens with zero attached hydrogens (tertiary/aromatic N) is 2. The Balaban J connectivity index is 1.41. The molecule has 4 rings (SSSR count). The van der Waals surface area contributed by atoms with E-state index in [1.54, 1.807) is 18.2 Å². The number of aromatic nitrogens is 2. The molecular weight excluding hydrogens is 368 g/mol. The summed E-state index contributed by atoms with van der Waals surface area (Å²) in [7, 11) is 0. The Bertz CT molecular complexity index is 1160. The number of carbonyl (C=O) groups excluding carboxylic acids is 2. The van der Waals surface area contributed by atoms with Gasteiger partial charge in [-0.05, 0) is 61.4 Å². The van der Waals surface area contributed by atoms with Crippen molar-refractivity contribution in [1.29, 1.82) is 0 Å². The fourth-order valence-corrected chi connectivity index (χ4v) is 3.77. The van der Waals surface area contributed by atoms with Crippen molar-refractivity contribution in [1.82, 2.24) is 9.55 Å². The van der Waals surface area contributed by atoms with Gasteiger partial charge in [-0.25, -0.2) is 4.98 Å². The molecule has 0 saturated heterocycles. The van der Waals surface area contributed by atoms with E-state index < -0.39 is 5.97 Å². The largest absolute Gasteiger partial charge is 0.456 e. The third-order valence-electron chi connectivity index (χ3n) is 5.39. The number of Topliss-reactive ketones (excluding diaryl/α,β-unsaturated/α-hetero) is 1. The second-order valence-electron chi connectivity index (χ2n) is 7.42. The minimum absolute atomic E-state index is 0.244. The molecule has 0 radical (unpaired) electrons. The molecule has 0 atom stereocenters. The fraction of sp³-hybridized carbons (Fsp3) is 0.304. The summed E-state index contributed by atoms with van der Waals surface area (Å²) in [6.45, 7) is 1.25. The summed E-state index contributed by atoms with van der Waals surface area (Å²) in [5.41, 5.74) is 4.26. The van der Waals surface area contributed by atoms with Crippen LogP contribution in [0.15, 0.2) is 47.5 Å². The number of ether oxygens (including phenoxy) is 1. The number of hydrogen-bond donors (Lipinski definition) is 0. The molecule has 29 heavy (non-hydrogen) atoms. The maximum Gasteiger partial charge on any atom is 0.326 e. The summed E-state index contributed by atoms with van der Waals surface area (Å²) in [6.07, 6.45) is 5.68. The predicted octanol–water partition coefficient (Wildman–Crippen LogP) is 3.01. The zero-order valence-electron chi connectivity index (χ0n) is 16.3. The van der Waals surface area contributed by atoms with E-state index >= 15 is 0 Å². The van der Waals surface area contributed by atoms with Gasteiger partial charge in [-0.2, -0.15) is 0 Å². The number of benzene rings is 2. The number of ketones is 1. The molecule has 0 N–H and O–H groups in total. The lowest BCUT2D eigenvalue weighted by atomic mass is 9.90. The highest BCUT2D eigenvalue weighted by molar-refractivity contribution is 5.98. The Hall–Kier alpha value is -3.28. The first kappa shape index (κ1) is 19.1. The summed E-state index contributed by atoms with van der Waals surface area (Å²) in [4.78, 5) is 41.4. The third kappa shape index (κ3) is 3.97. The van der Waals surface area contributed by atoms with Crippen molar-refractivity contribution in [3.63, 3.8) is 0 Å². The lowest BCUT2D eigenvalue weighted by molar-refractivity contribution is -0.143. The maximum absolute atomic E-state index is 12.6. The molecular formula is C23H22N2O4. The first-order valence-corrected chi connectivity index (χ1v) is 9.78. The van der Waals surface area contributed by atoms with Crippen molar-refractivity contribution in [2.24, 2.45) is 0 Å². The third-order valence-corrected chi connectivity index (χ3v) is 5.39. The van der Waals surface area contributed by atoms with Crippen molar-refractivity contribution in [3.8, 4) is 0 Å². The number of carbonyl (C=O) groups is 2. The van der Waals surface area contributed by atoms with Gasteiger partial charge >= 0.3 is 5.97 Å². The van der Waals surface area contributed by atoms with Crippen LogP contribution in [0.3, 0.4) is 0 Å². The van der Waals surface area contributed by atoms with Gasteiger partial charge in [0, 0.05) is 5.56 Å². The molecule has 0 unspecified atom stereocenters. The number of para-hydroxylation sites is 1. The number of aryl methyl sites for hydroxylation is 3. The number of hydrogen-bond acceptors (Lipinski definition) is 5. The van der Waals surface area contributed by atoms with Crippen LogP contribution in [0, 0.1) is 6.92 Å². The van der Waals surface area contributed by atoms with Crippen LogP contribution in [0.2, 0.25) is 0 Å². The van der Waals surface area contributed by atoms with Crippen LogP contribution in [0.25, 0.3) is 10.9 Å². The van der Waals surface area contributed by atoms with Crippen molar-refractivity contribution < 1.29 is 14.3 Å². The van der Waals surface area contributed by atoms with E-state index in [0.717, 1.165) is 24.8 Å². The summed E-state index contributed by atoms with van der Waals surface area (Å²) in [5.74, 6) is -0.890. The van der Waals surface area contributed by atoms with Crippen LogP contribution in [-0.4, -0.2) is 27.9 Å². The molecule has 6 nitrogen and oxygen atoms in total. The standard InChI is InChI=1S/C23H22N2O4/c1-15-5-4-8-19-22(15)24-14-25(23(19)28)12-21(27)29-13-20(26)18-10-9-16-6-2-3-7-17(16)11-18/h4-5,8-11,14H,2-3,6-7,12-13H2,1H3. The van der Waals surface area contributed by atoms with E-state index in [1.807, 2.05) is 25.1 Å². The zero-order chi connectivity index (χ0) is 20.4. The molecule has 1 aliphatic rings. The molecule has 0 fully saturated rings. The first-order valence-electron chi connectivity index (χ1n) is 9.78. The second-order valence-corrected chi connectivity index (χ2v) is 7.42. The quantitative estimate of drug-likeness (QED) is 0.494. The molecule has 0 saturated carbocycles. The Kier molecular flexibility index (Phi) is 5.25. The molecule has 0 bridgehead atoms. The average Bonchev–Trinajstić information content (AvgIpc) is 2.74. The van der Waals surface area contributed by atoms with Gasteiger partial charge in [0.2, 0.25) is 0 Å². The number of esters is 1. The van der Waals surface area contributed by atoms with Crippen LogP contribution in [0.4, 0.5) is 0 Å². The molecule has 1 aliphatic carbocycles. The maximum atomic E-state index is 12.6. The zero-order valence-corrected chi connectivity index (χ0v) is 16.3. The predicted molar refractivity (Wildman–Crippen MR) is 109 cm³/mol. The van der Waals surface area contributed by atoms with E-state index in [4.69, 9.17) is 4.74 Å². The SMILES string of the molecule is Cc1cccc2c(=O)n(CC(=O)OCC(=O)c3ccc4c(c3)CCCC4)cnc12. The van der Waals surface area contributed by atoms with Crippen LogP contribution < -0.4 is 5.56 Å². The first-order chi connectivity index (χ1) is 14.0. The molecule has 1 heterocycles. The lowest BCUT2D eigenvalue weighted by Crippen LogP contribution is -2.27. The number of rotatable bonds is 5. The van der Waals surface area contributed by atoms with Crippen LogP contribution in [-0.2, 0) is 28.9 Å². The summed E-state index contributed by atoms with van der Waals surface area (Å²) in [6, 6.07) is 11.0. The van der Waals surface area contributed by atoms with Gasteiger partial charge in [-0.3, -0.25) is 19.0 Å². The van der Waals surface area contributed by atoms with Crippen molar-refractivity contribution in [2.75, 3.05) is 6.61 Å². The summed E-state index contributed by atoms with van der Waals surface area (Å²) < 4.78 is 6.32. The van der Waals surface area contributed by atoms with Crippen LogP contribution >= 0.6 is 0 Å². The van der Waals surface area contributed by atoms with Crippen LogP contribution in [0.5, 0.6) is 0 Å². The second kappa shape index (κ2) is 7.99. The summed E-state index contributed by atoms with van der Waals surface area (Å²) in [5, 5.41) is 0.449. The van der Waals surface area contributed by atoms with E-state index in [-0.39, 0.29) is 24.5 Å². The van der Waals surface area contributed by atoms with E-state index in [9.17, 15) is 14.4 Å². The van der Waals surface area contributed by atoms with Crippen molar-refractivity contribution in [3.05, 3.63) is 75.3 Å². The summed E-state index contributed by atoms with van der Waals surface area (Å²) >= 11 is 0. The Labute approximate surface area is 168 Å². The highest BCUT2D eigenvalue weighted by Crippen LogP contribution is 2.22. The van der Waals surface area contributed by atoms with Gasteiger partial charge in [0.15, 0.2) is 12.4 Å². The lowest BCUT2D eigenvalue weighted by Gasteiger charge is -2.16. The fourth-order valence-electron chi connectivity index (χ4n) is 3.77. The minimum atomic E-state index is -0.646. The topological polar surface area (TPSA) is 78.3 Å². The van der Waals surface area contributed by atoms with Gasteiger partial charge in [-0.15, -0.1) is 0 Å². The Morgan fingerprint density at radius 2 is 1.90 bits per heavy atom. The van der Waals surface area contributed by atoms with Gasteiger partial charge in [-0.1, -0.05) is 24.3 Å². The molecule has 0 spiro atoms. The molecule has 6 heteroatoms. The van der Waals surface area contributed by atoms with Gasteiger partial charge in [0.1, 0.15) is 6.54 Å². The molecule has 0 aliphatic heterocycles. The minimum Gasteiger partial charge on any atom is -0.456 e. The number of fused-ring (bicyclic) bond motifs is 2. The monoisotopic (exact) mass is 390 g/mol. The van der Waals surface area contributed by atoms with Crippen molar-refractivity contribution in [2.45, 2.75) is 39.2 Å². The van der Waals surface area contributed by atoms with Gasteiger partial charge in [0.25, 0.3) is 5.56 Å². The Morgan fingerprint density at radius 1 is 1.10 bits per heavy atom. The van der Waals surface area contributed by atoms with Crippen LogP contribution in [0.1, 0.15) is 39.9 Å². The normalized spacial score (nSPS) is 13.1. The molecule has 3 aromatic rings. The van der Waals surface area contributed by atoms with Gasteiger partial charge < -0.3 is 4.74 Å². The van der Waals surface area contributed by atoms with Crippen molar-refractivity contribution >= 4 is 22.7 Å². The van der Waals surface area contributed by atoms with E-state index in [1.165, 1.54) is 28.4 Å². The average molecular weight is 390 g/mol. The highest BCUT2D eigenvalue weighted by atomic mass is 16.5. The smallest absolute Gasteiger partial charge is 0.326 e. The molecule has 148 valence electrons. The molecule has 2 aromatic carbocycles.